The van der Waals surface area contributed by atoms with E-state index < -0.39 is 16.7 Å². The second-order valence-corrected chi connectivity index (χ2v) is 2.80. The summed E-state index contributed by atoms with van der Waals surface area (Å²) in [5.74, 6) is 0. The second kappa shape index (κ2) is 2.78. The molecule has 0 aliphatic rings. The number of hydrogen-bond donors (Lipinski definition) is 0. The van der Waals surface area contributed by atoms with Crippen molar-refractivity contribution < 1.29 is 17.4 Å². The predicted molar refractivity (Wildman–Crippen MR) is 26.9 cm³/mol. The van der Waals surface area contributed by atoms with Gasteiger partial charge in [0.15, 0.2) is 0 Å². The number of hydrogen-bond acceptors (Lipinski definition) is 4. The molecule has 0 rings (SSSR count). The fourth-order valence-corrected chi connectivity index (χ4v) is 0.454. The molecular weight excluding hydrogens is 132 g/mol. The SMILES string of the molecule is CS(=O)(=O)OCC=O. The summed E-state index contributed by atoms with van der Waals surface area (Å²) in [4.78, 5) is 9.46. The first kappa shape index (κ1) is 7.58. The Bertz CT molecular complexity index is 156. The molecule has 0 aromatic carbocycles. The van der Waals surface area contributed by atoms with Crippen molar-refractivity contribution >= 4 is 16.4 Å². The molecule has 0 saturated carbocycles. The summed E-state index contributed by atoms with van der Waals surface area (Å²) in [6, 6.07) is 0. The summed E-state index contributed by atoms with van der Waals surface area (Å²) in [5.41, 5.74) is 0. The molecule has 0 aliphatic carbocycles. The average molecular weight is 138 g/mol. The summed E-state index contributed by atoms with van der Waals surface area (Å²) in [5, 5.41) is 0. The van der Waals surface area contributed by atoms with Crippen LogP contribution in [0.3, 0.4) is 0 Å². The molecule has 5 heteroatoms. The van der Waals surface area contributed by atoms with Gasteiger partial charge in [-0.1, -0.05) is 0 Å². The van der Waals surface area contributed by atoms with Crippen LogP contribution in [0.15, 0.2) is 0 Å². The summed E-state index contributed by atoms with van der Waals surface area (Å²) in [7, 11) is -3.42. The number of rotatable bonds is 3. The van der Waals surface area contributed by atoms with Crippen molar-refractivity contribution in [2.75, 3.05) is 12.9 Å². The van der Waals surface area contributed by atoms with Crippen molar-refractivity contribution in [1.29, 1.82) is 0 Å². The summed E-state index contributed by atoms with van der Waals surface area (Å²) in [6.07, 6.45) is 1.26. The Kier molecular flexibility index (Phi) is 2.64. The first-order valence-electron chi connectivity index (χ1n) is 1.84. The predicted octanol–water partition coefficient (Wildman–Crippen LogP) is -0.839. The Morgan fingerprint density at radius 3 is 2.25 bits per heavy atom. The summed E-state index contributed by atoms with van der Waals surface area (Å²) < 4.78 is 24.0. The van der Waals surface area contributed by atoms with Gasteiger partial charge in [0.1, 0.15) is 12.9 Å². The normalized spacial score (nSPS) is 11.1. The van der Waals surface area contributed by atoms with Gasteiger partial charge in [0.25, 0.3) is 10.1 Å². The Morgan fingerprint density at radius 1 is 1.62 bits per heavy atom. The molecule has 0 aromatic heterocycles. The van der Waals surface area contributed by atoms with Crippen LogP contribution in [0.2, 0.25) is 0 Å². The third-order valence-corrected chi connectivity index (χ3v) is 0.914. The maximum atomic E-state index is 10.0. The zero-order chi connectivity index (χ0) is 6.62. The molecule has 0 unspecified atom stereocenters. The molecular formula is C3H6O4S. The zero-order valence-electron chi connectivity index (χ0n) is 4.33. The minimum Gasteiger partial charge on any atom is -0.301 e. The molecule has 0 heterocycles. The molecule has 4 nitrogen and oxygen atoms in total. The van der Waals surface area contributed by atoms with E-state index in [0.717, 1.165) is 6.26 Å². The molecule has 0 bridgehead atoms. The van der Waals surface area contributed by atoms with Gasteiger partial charge in [-0.2, -0.15) is 8.42 Å². The molecule has 0 aliphatic heterocycles. The van der Waals surface area contributed by atoms with Crippen LogP contribution in [0.5, 0.6) is 0 Å². The van der Waals surface area contributed by atoms with Crippen LogP contribution < -0.4 is 0 Å². The minimum absolute atomic E-state index is 0.376. The molecule has 0 spiro atoms. The topological polar surface area (TPSA) is 60.4 Å². The molecule has 0 atom stereocenters. The second-order valence-electron chi connectivity index (χ2n) is 1.16. The number of carbonyl (C=O) groups is 1. The first-order valence-corrected chi connectivity index (χ1v) is 3.66. The molecule has 8 heavy (non-hydrogen) atoms. The molecule has 0 radical (unpaired) electrons. The smallest absolute Gasteiger partial charge is 0.264 e. The maximum absolute atomic E-state index is 10.0. The Balaban J connectivity index is 3.57. The molecule has 0 saturated heterocycles. The average Bonchev–Trinajstić information content (AvgIpc) is 1.59. The lowest BCUT2D eigenvalue weighted by Crippen LogP contribution is -2.04. The first-order chi connectivity index (χ1) is 3.56. The van der Waals surface area contributed by atoms with Crippen LogP contribution in [0.1, 0.15) is 0 Å². The van der Waals surface area contributed by atoms with E-state index in [-0.39, 0.29) is 0 Å². The van der Waals surface area contributed by atoms with E-state index >= 15 is 0 Å². The van der Waals surface area contributed by atoms with Crippen LogP contribution in [0.25, 0.3) is 0 Å². The van der Waals surface area contributed by atoms with Crippen LogP contribution in [0, 0.1) is 0 Å². The zero-order valence-corrected chi connectivity index (χ0v) is 5.14. The quantitative estimate of drug-likeness (QED) is 0.377. The van der Waals surface area contributed by atoms with E-state index in [1.807, 2.05) is 0 Å². The van der Waals surface area contributed by atoms with Crippen molar-refractivity contribution in [3.8, 4) is 0 Å². The van der Waals surface area contributed by atoms with Gasteiger partial charge < -0.3 is 4.79 Å². The Morgan fingerprint density at radius 2 is 2.12 bits per heavy atom. The largest absolute Gasteiger partial charge is 0.301 e. The lowest BCUT2D eigenvalue weighted by atomic mass is 10.9. The fourth-order valence-electron chi connectivity index (χ4n) is 0.151. The van der Waals surface area contributed by atoms with Gasteiger partial charge in [0.2, 0.25) is 0 Å². The lowest BCUT2D eigenvalue weighted by molar-refractivity contribution is -0.109. The molecule has 0 fully saturated rings. The van der Waals surface area contributed by atoms with Gasteiger partial charge in [0.05, 0.1) is 6.26 Å². The third-order valence-electron chi connectivity index (χ3n) is 0.350. The van der Waals surface area contributed by atoms with Crippen LogP contribution in [0.4, 0.5) is 0 Å². The van der Waals surface area contributed by atoms with Crippen molar-refractivity contribution in [2.24, 2.45) is 0 Å². The highest BCUT2D eigenvalue weighted by Crippen LogP contribution is 1.81. The van der Waals surface area contributed by atoms with Crippen molar-refractivity contribution in [3.05, 3.63) is 0 Å². The standard InChI is InChI=1S/C3H6O4S/c1-8(5,6)7-3-2-4/h2H,3H2,1H3. The highest BCUT2D eigenvalue weighted by molar-refractivity contribution is 7.86. The monoisotopic (exact) mass is 138 g/mol. The van der Waals surface area contributed by atoms with E-state index in [9.17, 15) is 13.2 Å². The highest BCUT2D eigenvalue weighted by Gasteiger charge is 1.97. The van der Waals surface area contributed by atoms with E-state index in [2.05, 4.69) is 4.18 Å². The third kappa shape index (κ3) is 5.58. The van der Waals surface area contributed by atoms with Crippen molar-refractivity contribution in [2.45, 2.75) is 0 Å². The van der Waals surface area contributed by atoms with Gasteiger partial charge in [0, 0.05) is 0 Å². The summed E-state index contributed by atoms with van der Waals surface area (Å²) >= 11 is 0. The van der Waals surface area contributed by atoms with Crippen molar-refractivity contribution in [1.82, 2.24) is 0 Å². The van der Waals surface area contributed by atoms with Gasteiger partial charge in [-0.25, -0.2) is 0 Å². The van der Waals surface area contributed by atoms with E-state index in [1.165, 1.54) is 0 Å². The van der Waals surface area contributed by atoms with Crippen LogP contribution >= 0.6 is 0 Å². The lowest BCUT2D eigenvalue weighted by Gasteiger charge is -1.90. The fraction of sp³-hybridized carbons (Fsp3) is 0.667. The van der Waals surface area contributed by atoms with E-state index in [4.69, 9.17) is 0 Å². The molecule has 0 amide bonds. The number of aldehydes is 1. The number of carbonyl (C=O) groups excluding carboxylic acids is 1. The Hall–Kier alpha value is -0.420. The van der Waals surface area contributed by atoms with E-state index in [1.54, 1.807) is 0 Å². The van der Waals surface area contributed by atoms with Crippen molar-refractivity contribution in [3.63, 3.8) is 0 Å². The highest BCUT2D eigenvalue weighted by atomic mass is 32.2. The molecule has 0 aromatic rings. The molecule has 0 N–H and O–H groups in total. The molecule has 48 valence electrons. The van der Waals surface area contributed by atoms with Crippen LogP contribution in [-0.4, -0.2) is 27.6 Å². The van der Waals surface area contributed by atoms with E-state index in [0.29, 0.717) is 6.29 Å². The maximum Gasteiger partial charge on any atom is 0.264 e. The van der Waals surface area contributed by atoms with Gasteiger partial charge >= 0.3 is 0 Å². The van der Waals surface area contributed by atoms with Crippen LogP contribution in [-0.2, 0) is 19.1 Å². The van der Waals surface area contributed by atoms with Gasteiger partial charge in [-0.15, -0.1) is 0 Å². The minimum atomic E-state index is -3.42. The van der Waals surface area contributed by atoms with Gasteiger partial charge in [-0.3, -0.25) is 4.18 Å². The summed E-state index contributed by atoms with van der Waals surface area (Å²) in [6.45, 7) is -0.390. The van der Waals surface area contributed by atoms with Gasteiger partial charge in [-0.05, 0) is 0 Å². The Labute approximate surface area is 47.6 Å².